The number of benzene rings is 2. The zero-order valence-electron chi connectivity index (χ0n) is 39.5. The highest BCUT2D eigenvalue weighted by atomic mass is 16.7. The standard InChI is InChI=1S/C48H67N7O10/c1-11-37-48(8)42-29(4)38(49-20-21-54(42)46(58)65-48)27(2)23-47(7)43(64-45-40(56)36(53(9)10)22-28(3)62-45)30(5)41(31(6)44(57)63-37)59-25-33(26-60-47)51-61-24-32-16-15-19-35-39(32)50-52-55(35)34-17-13-12-14-18-34/h12-19,27-31,36-37,40-43,45,56H,11,20-26H2,1-10H3/t27-,28+,29+,30-,31-,36-,37+,40+,41+,42-,43+,45-,47-,48-/m1/s1. The van der Waals surface area contributed by atoms with Crippen molar-refractivity contribution in [2.45, 2.75) is 141 Å². The molecule has 5 aliphatic heterocycles. The molecular weight excluding hydrogens is 835 g/mol. The van der Waals surface area contributed by atoms with Gasteiger partial charge in [-0.25, -0.2) is 9.48 Å². The number of hydrogen-bond acceptors (Lipinski definition) is 15. The number of aliphatic imine (C=N–C) groups is 1. The second kappa shape index (κ2) is 19.0. The van der Waals surface area contributed by atoms with E-state index >= 15 is 0 Å². The number of oxime groups is 1. The Morgan fingerprint density at radius 1 is 1.00 bits per heavy atom. The van der Waals surface area contributed by atoms with Crippen molar-refractivity contribution in [3.8, 4) is 5.69 Å². The molecule has 8 rings (SSSR count). The average molecular weight is 902 g/mol. The number of cyclic esters (lactones) is 1. The van der Waals surface area contributed by atoms with Crippen LogP contribution < -0.4 is 0 Å². The average Bonchev–Trinajstić information content (AvgIpc) is 3.77. The van der Waals surface area contributed by atoms with Crippen molar-refractivity contribution < 1.29 is 48.0 Å². The molecule has 4 fully saturated rings. The molecule has 4 bridgehead atoms. The van der Waals surface area contributed by atoms with Gasteiger partial charge in [-0.3, -0.25) is 14.7 Å². The van der Waals surface area contributed by atoms with E-state index < -0.39 is 71.8 Å². The van der Waals surface area contributed by atoms with Crippen molar-refractivity contribution in [2.24, 2.45) is 33.8 Å². The summed E-state index contributed by atoms with van der Waals surface area (Å²) >= 11 is 0. The minimum atomic E-state index is -1.15. The highest BCUT2D eigenvalue weighted by molar-refractivity contribution is 5.91. The fourth-order valence-corrected chi connectivity index (χ4v) is 11.3. The van der Waals surface area contributed by atoms with E-state index in [4.69, 9.17) is 38.3 Å². The molecule has 0 radical (unpaired) electrons. The van der Waals surface area contributed by atoms with Crippen LogP contribution in [0, 0.1) is 23.7 Å². The Morgan fingerprint density at radius 2 is 1.77 bits per heavy atom. The van der Waals surface area contributed by atoms with Crippen LogP contribution in [-0.2, 0) is 44.7 Å². The van der Waals surface area contributed by atoms with Gasteiger partial charge in [0.1, 0.15) is 30.0 Å². The first-order valence-electron chi connectivity index (χ1n) is 23.3. The molecule has 2 aromatic carbocycles. The molecule has 1 N–H and O–H groups in total. The number of aliphatic hydroxyl groups excluding tert-OH is 1. The SMILES string of the molecule is CC[C@@H]1OC(=O)[C@H](C)[C@H]2OCC(=NOCc3cccc4c3nnn4-c3ccccc3)CO[C@](C)(C[C@@H](C)C3=NCCN4C(=O)O[C@@]1(C)[C@H]4[C@H]3C)[C@@H](O[C@H]1O[C@@H](C)C[C@@H](N(C)C)[C@@H]1O)[C@@H]2C. The van der Waals surface area contributed by atoms with E-state index in [9.17, 15) is 14.7 Å². The van der Waals surface area contributed by atoms with Crippen LogP contribution in [0.3, 0.4) is 0 Å². The molecule has 1 amide bonds. The van der Waals surface area contributed by atoms with Crippen LogP contribution in [0.2, 0.25) is 0 Å². The molecule has 0 saturated carbocycles. The summed E-state index contributed by atoms with van der Waals surface area (Å²) in [5.74, 6) is -2.34. The monoisotopic (exact) mass is 901 g/mol. The van der Waals surface area contributed by atoms with Crippen molar-refractivity contribution in [1.29, 1.82) is 0 Å². The van der Waals surface area contributed by atoms with Crippen molar-refractivity contribution in [2.75, 3.05) is 40.4 Å². The van der Waals surface area contributed by atoms with E-state index in [2.05, 4.69) is 29.3 Å². The van der Waals surface area contributed by atoms with E-state index in [0.717, 1.165) is 22.5 Å². The molecule has 17 nitrogen and oxygen atoms in total. The molecular formula is C48H67N7O10. The Morgan fingerprint density at radius 3 is 2.51 bits per heavy atom. The maximum atomic E-state index is 14.7. The molecule has 0 spiro atoms. The number of carbonyl (C=O) groups excluding carboxylic acids is 2. The van der Waals surface area contributed by atoms with E-state index in [1.807, 2.05) is 102 Å². The van der Waals surface area contributed by atoms with Crippen LogP contribution in [0.15, 0.2) is 58.7 Å². The van der Waals surface area contributed by atoms with Gasteiger partial charge in [-0.2, -0.15) is 0 Å². The van der Waals surface area contributed by atoms with E-state index in [1.54, 1.807) is 16.5 Å². The van der Waals surface area contributed by atoms with Gasteiger partial charge in [0, 0.05) is 35.7 Å². The molecule has 4 saturated heterocycles. The Bertz CT molecular complexity index is 2240. The largest absolute Gasteiger partial charge is 0.458 e. The summed E-state index contributed by atoms with van der Waals surface area (Å²) in [6, 6.07) is 15.0. The summed E-state index contributed by atoms with van der Waals surface area (Å²) in [6.45, 7) is 16.6. The molecule has 14 atom stereocenters. The molecule has 65 heavy (non-hydrogen) atoms. The third-order valence-electron chi connectivity index (χ3n) is 14.5. The predicted octanol–water partition coefficient (Wildman–Crippen LogP) is 5.58. The Labute approximate surface area is 381 Å². The van der Waals surface area contributed by atoms with E-state index in [1.165, 1.54) is 0 Å². The van der Waals surface area contributed by atoms with Crippen molar-refractivity contribution in [3.63, 3.8) is 0 Å². The third-order valence-corrected chi connectivity index (χ3v) is 14.5. The van der Waals surface area contributed by atoms with Gasteiger partial charge in [0.15, 0.2) is 11.9 Å². The molecule has 0 unspecified atom stereocenters. The van der Waals surface area contributed by atoms with Gasteiger partial charge >= 0.3 is 12.1 Å². The summed E-state index contributed by atoms with van der Waals surface area (Å²) < 4.78 is 41.9. The van der Waals surface area contributed by atoms with Crippen LogP contribution in [0.5, 0.6) is 0 Å². The number of aliphatic hydroxyl groups is 1. The molecule has 0 aliphatic carbocycles. The molecule has 354 valence electrons. The van der Waals surface area contributed by atoms with Gasteiger partial charge in [0.2, 0.25) is 0 Å². The molecule has 17 heteroatoms. The molecule has 1 aromatic heterocycles. The van der Waals surface area contributed by atoms with Gasteiger partial charge in [-0.15, -0.1) is 5.10 Å². The van der Waals surface area contributed by atoms with Crippen LogP contribution in [-0.4, -0.2) is 154 Å². The number of para-hydroxylation sites is 1. The molecule has 5 aliphatic rings. The number of hydrogen-bond donors (Lipinski definition) is 1. The summed E-state index contributed by atoms with van der Waals surface area (Å²) in [4.78, 5) is 43.3. The second-order valence-electron chi connectivity index (χ2n) is 19.4. The fourth-order valence-electron chi connectivity index (χ4n) is 11.3. The van der Waals surface area contributed by atoms with Crippen LogP contribution in [0.4, 0.5) is 4.79 Å². The number of carbonyl (C=O) groups is 2. The van der Waals surface area contributed by atoms with Crippen molar-refractivity contribution in [3.05, 3.63) is 54.1 Å². The van der Waals surface area contributed by atoms with Gasteiger partial charge in [-0.1, -0.05) is 68.4 Å². The number of ether oxygens (including phenoxy) is 6. The van der Waals surface area contributed by atoms with Crippen molar-refractivity contribution >= 4 is 34.5 Å². The third kappa shape index (κ3) is 9.04. The lowest BCUT2D eigenvalue weighted by Gasteiger charge is -2.48. The number of amides is 1. The topological polar surface area (TPSA) is 181 Å². The minimum Gasteiger partial charge on any atom is -0.458 e. The number of fused-ring (bicyclic) bond motifs is 5. The quantitative estimate of drug-likeness (QED) is 0.219. The lowest BCUT2D eigenvalue weighted by molar-refractivity contribution is -0.302. The van der Waals surface area contributed by atoms with Gasteiger partial charge in [0.25, 0.3) is 0 Å². The highest BCUT2D eigenvalue weighted by Crippen LogP contribution is 2.45. The maximum Gasteiger partial charge on any atom is 0.410 e. The summed E-state index contributed by atoms with van der Waals surface area (Å²) in [5, 5.41) is 25.4. The normalized spacial score (nSPS) is 37.8. The Hall–Kier alpha value is -4.52. The van der Waals surface area contributed by atoms with Gasteiger partial charge in [0.05, 0.1) is 66.8 Å². The number of likely N-dealkylation sites (N-methyl/N-ethyl adjacent to an activating group) is 1. The molecule has 3 aromatic rings. The maximum absolute atomic E-state index is 14.7. The minimum absolute atomic E-state index is 0.00268. The number of aromatic nitrogens is 3. The highest BCUT2D eigenvalue weighted by Gasteiger charge is 2.60. The lowest BCUT2D eigenvalue weighted by Crippen LogP contribution is -2.60. The predicted molar refractivity (Wildman–Crippen MR) is 242 cm³/mol. The summed E-state index contributed by atoms with van der Waals surface area (Å²) in [5.41, 5.74) is 2.29. The van der Waals surface area contributed by atoms with Gasteiger partial charge < -0.3 is 43.3 Å². The Balaban J connectivity index is 1.18. The smallest absolute Gasteiger partial charge is 0.410 e. The van der Waals surface area contributed by atoms with Crippen LogP contribution in [0.1, 0.15) is 80.2 Å². The first-order chi connectivity index (χ1) is 31.0. The molecule has 6 heterocycles. The van der Waals surface area contributed by atoms with Crippen LogP contribution in [0.25, 0.3) is 16.7 Å². The Kier molecular flexibility index (Phi) is 13.7. The number of nitrogens with zero attached hydrogens (tertiary/aromatic N) is 7. The first kappa shape index (κ1) is 47.0. The fraction of sp³-hybridized carbons (Fsp3) is 0.667. The zero-order valence-corrected chi connectivity index (χ0v) is 39.5. The summed E-state index contributed by atoms with van der Waals surface area (Å²) in [6.07, 6.45) is -3.59. The van der Waals surface area contributed by atoms with Gasteiger partial charge in [-0.05, 0) is 85.2 Å². The second-order valence-corrected chi connectivity index (χ2v) is 19.4. The van der Waals surface area contributed by atoms with E-state index in [0.29, 0.717) is 43.6 Å². The zero-order chi connectivity index (χ0) is 46.4. The lowest BCUT2D eigenvalue weighted by atomic mass is 9.72. The van der Waals surface area contributed by atoms with E-state index in [-0.39, 0.29) is 43.8 Å². The number of esters is 1. The van der Waals surface area contributed by atoms with Crippen molar-refractivity contribution in [1.82, 2.24) is 24.8 Å². The van der Waals surface area contributed by atoms with Crippen LogP contribution >= 0.6 is 0 Å². The summed E-state index contributed by atoms with van der Waals surface area (Å²) in [7, 11) is 3.87. The first-order valence-corrected chi connectivity index (χ1v) is 23.3. The number of rotatable bonds is 8.